The third-order valence-electron chi connectivity index (χ3n) is 2.54. The van der Waals surface area contributed by atoms with Crippen LogP contribution >= 0.6 is 0 Å². The zero-order valence-corrected chi connectivity index (χ0v) is 9.12. The maximum absolute atomic E-state index is 11.5. The summed E-state index contributed by atoms with van der Waals surface area (Å²) in [6, 6.07) is 0. The molecule has 0 saturated carbocycles. The summed E-state index contributed by atoms with van der Waals surface area (Å²) in [5.74, 6) is -0.0631. The SMILES string of the molecule is CC(=O)CCCN1C(=O)CCCCC1=O. The molecule has 1 fully saturated rings. The maximum atomic E-state index is 11.5. The molecule has 15 heavy (non-hydrogen) atoms. The average Bonchev–Trinajstić information content (AvgIpc) is 2.31. The van der Waals surface area contributed by atoms with Crippen LogP contribution in [0.15, 0.2) is 0 Å². The molecule has 1 aliphatic rings. The number of Topliss-reactive ketones (excluding diaryl/α,β-unsaturated/α-hetero) is 1. The summed E-state index contributed by atoms with van der Waals surface area (Å²) in [4.78, 5) is 35.1. The van der Waals surface area contributed by atoms with Crippen molar-refractivity contribution in [1.82, 2.24) is 4.90 Å². The standard InChI is InChI=1S/C11H17NO3/c1-9(13)5-4-8-12-10(14)6-2-3-7-11(12)15/h2-8H2,1H3. The number of nitrogens with zero attached hydrogens (tertiary/aromatic N) is 1. The lowest BCUT2D eigenvalue weighted by Crippen LogP contribution is -2.36. The van der Waals surface area contributed by atoms with E-state index < -0.39 is 0 Å². The van der Waals surface area contributed by atoms with Crippen LogP contribution in [0.3, 0.4) is 0 Å². The molecular weight excluding hydrogens is 194 g/mol. The van der Waals surface area contributed by atoms with Crippen LogP contribution < -0.4 is 0 Å². The van der Waals surface area contributed by atoms with Crippen molar-refractivity contribution in [3.05, 3.63) is 0 Å². The molecule has 2 amide bonds. The van der Waals surface area contributed by atoms with Crippen molar-refractivity contribution in [3.63, 3.8) is 0 Å². The number of carbonyl (C=O) groups excluding carboxylic acids is 3. The van der Waals surface area contributed by atoms with Crippen LogP contribution in [-0.2, 0) is 14.4 Å². The topological polar surface area (TPSA) is 54.5 Å². The molecule has 1 aliphatic heterocycles. The third kappa shape index (κ3) is 3.81. The van der Waals surface area contributed by atoms with E-state index >= 15 is 0 Å². The first-order valence-electron chi connectivity index (χ1n) is 5.44. The van der Waals surface area contributed by atoms with Gasteiger partial charge in [0, 0.05) is 25.8 Å². The van der Waals surface area contributed by atoms with E-state index in [4.69, 9.17) is 0 Å². The van der Waals surface area contributed by atoms with Gasteiger partial charge in [0.15, 0.2) is 0 Å². The van der Waals surface area contributed by atoms with Crippen molar-refractivity contribution in [2.45, 2.75) is 45.4 Å². The van der Waals surface area contributed by atoms with Crippen molar-refractivity contribution in [3.8, 4) is 0 Å². The molecule has 0 radical (unpaired) electrons. The minimum atomic E-state index is -0.0824. The van der Waals surface area contributed by atoms with Gasteiger partial charge in [-0.05, 0) is 26.2 Å². The van der Waals surface area contributed by atoms with Gasteiger partial charge in [0.25, 0.3) is 0 Å². The molecule has 1 heterocycles. The van der Waals surface area contributed by atoms with E-state index in [9.17, 15) is 14.4 Å². The van der Waals surface area contributed by atoms with E-state index in [1.165, 1.54) is 11.8 Å². The second kappa shape index (κ2) is 5.63. The van der Waals surface area contributed by atoms with Gasteiger partial charge in [-0.1, -0.05) is 0 Å². The predicted octanol–water partition coefficient (Wildman–Crippen LogP) is 1.28. The minimum Gasteiger partial charge on any atom is -0.300 e. The average molecular weight is 211 g/mol. The number of carbonyl (C=O) groups is 3. The van der Waals surface area contributed by atoms with Gasteiger partial charge in [0.05, 0.1) is 0 Å². The number of rotatable bonds is 4. The molecule has 4 nitrogen and oxygen atoms in total. The summed E-state index contributed by atoms with van der Waals surface area (Å²) >= 11 is 0. The van der Waals surface area contributed by atoms with E-state index in [0.717, 1.165) is 12.8 Å². The second-order valence-corrected chi connectivity index (χ2v) is 3.95. The Hall–Kier alpha value is -1.19. The predicted molar refractivity (Wildman–Crippen MR) is 55.1 cm³/mol. The Kier molecular flexibility index (Phi) is 4.46. The van der Waals surface area contributed by atoms with Crippen LogP contribution in [0.4, 0.5) is 0 Å². The lowest BCUT2D eigenvalue weighted by Gasteiger charge is -2.17. The zero-order valence-electron chi connectivity index (χ0n) is 9.12. The zero-order chi connectivity index (χ0) is 11.3. The van der Waals surface area contributed by atoms with E-state index in [1.54, 1.807) is 0 Å². The fourth-order valence-electron chi connectivity index (χ4n) is 1.70. The fraction of sp³-hybridized carbons (Fsp3) is 0.727. The van der Waals surface area contributed by atoms with E-state index in [2.05, 4.69) is 0 Å². The van der Waals surface area contributed by atoms with Gasteiger partial charge in [-0.25, -0.2) is 0 Å². The summed E-state index contributed by atoms with van der Waals surface area (Å²) in [6.45, 7) is 1.92. The molecule has 1 rings (SSSR count). The molecule has 0 N–H and O–H groups in total. The lowest BCUT2D eigenvalue weighted by molar-refractivity contribution is -0.144. The lowest BCUT2D eigenvalue weighted by atomic mass is 10.2. The molecule has 84 valence electrons. The number of amides is 2. The fourth-order valence-corrected chi connectivity index (χ4v) is 1.70. The van der Waals surface area contributed by atoms with Gasteiger partial charge in [-0.2, -0.15) is 0 Å². The van der Waals surface area contributed by atoms with Crippen LogP contribution in [0.5, 0.6) is 0 Å². The van der Waals surface area contributed by atoms with Crippen molar-refractivity contribution in [2.75, 3.05) is 6.54 Å². The number of ketones is 1. The quantitative estimate of drug-likeness (QED) is 0.658. The molecule has 0 aromatic carbocycles. The largest absolute Gasteiger partial charge is 0.300 e. The Morgan fingerprint density at radius 2 is 1.73 bits per heavy atom. The normalized spacial score (nSPS) is 17.8. The Bertz CT molecular complexity index is 255. The first-order chi connectivity index (χ1) is 7.11. The summed E-state index contributed by atoms with van der Waals surface area (Å²) in [5.41, 5.74) is 0. The van der Waals surface area contributed by atoms with E-state index in [1.807, 2.05) is 0 Å². The van der Waals surface area contributed by atoms with Gasteiger partial charge >= 0.3 is 0 Å². The highest BCUT2D eigenvalue weighted by Crippen LogP contribution is 2.13. The molecule has 0 atom stereocenters. The summed E-state index contributed by atoms with van der Waals surface area (Å²) < 4.78 is 0. The monoisotopic (exact) mass is 211 g/mol. The van der Waals surface area contributed by atoms with Crippen LogP contribution in [0.2, 0.25) is 0 Å². The third-order valence-corrected chi connectivity index (χ3v) is 2.54. The minimum absolute atomic E-state index is 0.0824. The summed E-state index contributed by atoms with van der Waals surface area (Å²) in [5, 5.41) is 0. The summed E-state index contributed by atoms with van der Waals surface area (Å²) in [7, 11) is 0. The smallest absolute Gasteiger partial charge is 0.229 e. The van der Waals surface area contributed by atoms with Crippen LogP contribution in [0.25, 0.3) is 0 Å². The molecule has 0 aromatic rings. The second-order valence-electron chi connectivity index (χ2n) is 3.95. The van der Waals surface area contributed by atoms with E-state index in [0.29, 0.717) is 32.2 Å². The van der Waals surface area contributed by atoms with Crippen molar-refractivity contribution in [2.24, 2.45) is 0 Å². The molecule has 0 unspecified atom stereocenters. The molecule has 0 aromatic heterocycles. The maximum Gasteiger partial charge on any atom is 0.229 e. The van der Waals surface area contributed by atoms with Crippen LogP contribution in [0.1, 0.15) is 45.4 Å². The van der Waals surface area contributed by atoms with Gasteiger partial charge in [0.2, 0.25) is 11.8 Å². The Labute approximate surface area is 89.6 Å². The highest BCUT2D eigenvalue weighted by molar-refractivity contribution is 5.96. The van der Waals surface area contributed by atoms with Crippen LogP contribution in [-0.4, -0.2) is 29.0 Å². The number of hydrogen-bond donors (Lipinski definition) is 0. The number of hydrogen-bond acceptors (Lipinski definition) is 3. The molecule has 0 bridgehead atoms. The first-order valence-corrected chi connectivity index (χ1v) is 5.44. The molecule has 1 saturated heterocycles. The van der Waals surface area contributed by atoms with Gasteiger partial charge in [0.1, 0.15) is 5.78 Å². The van der Waals surface area contributed by atoms with Crippen molar-refractivity contribution in [1.29, 1.82) is 0 Å². The van der Waals surface area contributed by atoms with Crippen LogP contribution in [0, 0.1) is 0 Å². The van der Waals surface area contributed by atoms with Gasteiger partial charge in [-0.3, -0.25) is 14.5 Å². The Balaban J connectivity index is 2.44. The van der Waals surface area contributed by atoms with Crippen molar-refractivity contribution >= 4 is 17.6 Å². The van der Waals surface area contributed by atoms with Gasteiger partial charge < -0.3 is 4.79 Å². The van der Waals surface area contributed by atoms with Crippen molar-refractivity contribution < 1.29 is 14.4 Å². The molecular formula is C11H17NO3. The first kappa shape index (κ1) is 11.9. The highest BCUT2D eigenvalue weighted by atomic mass is 16.2. The highest BCUT2D eigenvalue weighted by Gasteiger charge is 2.23. The number of likely N-dealkylation sites (tertiary alicyclic amines) is 1. The Morgan fingerprint density at radius 3 is 2.20 bits per heavy atom. The Morgan fingerprint density at radius 1 is 1.20 bits per heavy atom. The molecule has 4 heteroatoms. The van der Waals surface area contributed by atoms with E-state index in [-0.39, 0.29) is 17.6 Å². The summed E-state index contributed by atoms with van der Waals surface area (Å²) in [6.07, 6.45) is 3.56. The molecule has 0 spiro atoms. The van der Waals surface area contributed by atoms with Gasteiger partial charge in [-0.15, -0.1) is 0 Å². The number of imide groups is 1. The molecule has 0 aliphatic carbocycles.